The number of benzene rings is 1. The van der Waals surface area contributed by atoms with Gasteiger partial charge in [0.25, 0.3) is 0 Å². The molecule has 3 rings (SSSR count). The minimum atomic E-state index is -0.911. The van der Waals surface area contributed by atoms with E-state index >= 15 is 0 Å². The zero-order valence-electron chi connectivity index (χ0n) is 12.8. The molecule has 3 nitrogen and oxygen atoms in total. The van der Waals surface area contributed by atoms with E-state index in [0.717, 1.165) is 33.6 Å². The minimum absolute atomic E-state index is 0.318. The van der Waals surface area contributed by atoms with Gasteiger partial charge in [0.15, 0.2) is 0 Å². The molecule has 0 atom stereocenters. The third-order valence-electron chi connectivity index (χ3n) is 3.74. The number of aryl methyl sites for hydroxylation is 3. The van der Waals surface area contributed by atoms with E-state index in [4.69, 9.17) is 4.98 Å². The molecule has 0 aliphatic heterocycles. The molecule has 0 amide bonds. The number of aromatic nitrogens is 1. The number of hydrogen-bond acceptors (Lipinski definition) is 3. The maximum Gasteiger partial charge on any atom is 0.336 e. The van der Waals surface area contributed by atoms with Gasteiger partial charge < -0.3 is 5.11 Å². The molecule has 1 aromatic carbocycles. The number of pyridine rings is 1. The first kappa shape index (κ1) is 14.7. The van der Waals surface area contributed by atoms with Crippen LogP contribution in [0.2, 0.25) is 0 Å². The van der Waals surface area contributed by atoms with Gasteiger partial charge in [-0.15, -0.1) is 11.3 Å². The smallest absolute Gasteiger partial charge is 0.336 e. The molecule has 4 heteroatoms. The zero-order chi connectivity index (χ0) is 15.9. The van der Waals surface area contributed by atoms with Crippen LogP contribution in [0.3, 0.4) is 0 Å². The van der Waals surface area contributed by atoms with Crippen molar-refractivity contribution in [3.8, 4) is 10.6 Å². The second-order valence-corrected chi connectivity index (χ2v) is 6.63. The zero-order valence-corrected chi connectivity index (χ0v) is 13.6. The topological polar surface area (TPSA) is 50.2 Å². The summed E-state index contributed by atoms with van der Waals surface area (Å²) >= 11 is 1.67. The highest BCUT2D eigenvalue weighted by Gasteiger charge is 2.15. The van der Waals surface area contributed by atoms with Gasteiger partial charge in [0, 0.05) is 10.3 Å². The summed E-state index contributed by atoms with van der Waals surface area (Å²) < 4.78 is 0. The van der Waals surface area contributed by atoms with Crippen LogP contribution in [0.5, 0.6) is 0 Å². The summed E-state index contributed by atoms with van der Waals surface area (Å²) in [7, 11) is 0. The molecule has 1 N–H and O–H groups in total. The van der Waals surface area contributed by atoms with Crippen molar-refractivity contribution in [2.45, 2.75) is 27.2 Å². The summed E-state index contributed by atoms with van der Waals surface area (Å²) in [6.45, 7) is 6.06. The summed E-state index contributed by atoms with van der Waals surface area (Å²) in [6, 6.07) is 9.72. The predicted molar refractivity (Wildman–Crippen MR) is 90.9 cm³/mol. The van der Waals surface area contributed by atoms with Gasteiger partial charge in [-0.2, -0.15) is 0 Å². The van der Waals surface area contributed by atoms with Crippen LogP contribution in [0.4, 0.5) is 0 Å². The Bertz CT molecular complexity index is 880. The second kappa shape index (κ2) is 5.54. The number of thiophene rings is 1. The SMILES string of the molecule is CCc1ccc(-c2cc(C(=O)O)c3cc(C)cc(C)c3n2)s1. The lowest BCUT2D eigenvalue weighted by Crippen LogP contribution is -2.01. The molecule has 2 heterocycles. The van der Waals surface area contributed by atoms with Crippen molar-refractivity contribution in [3.63, 3.8) is 0 Å². The lowest BCUT2D eigenvalue weighted by molar-refractivity contribution is 0.0699. The van der Waals surface area contributed by atoms with Crippen molar-refractivity contribution in [2.75, 3.05) is 0 Å². The van der Waals surface area contributed by atoms with Crippen LogP contribution >= 0.6 is 11.3 Å². The van der Waals surface area contributed by atoms with E-state index in [9.17, 15) is 9.90 Å². The van der Waals surface area contributed by atoms with Crippen molar-refractivity contribution in [1.82, 2.24) is 4.98 Å². The van der Waals surface area contributed by atoms with E-state index in [-0.39, 0.29) is 0 Å². The fourth-order valence-corrected chi connectivity index (χ4v) is 3.60. The summed E-state index contributed by atoms with van der Waals surface area (Å²) in [5.41, 5.74) is 3.88. The van der Waals surface area contributed by atoms with Crippen molar-refractivity contribution in [3.05, 3.63) is 51.9 Å². The molecule has 0 fully saturated rings. The third-order valence-corrected chi connectivity index (χ3v) is 4.99. The molecular weight excluding hydrogens is 294 g/mol. The Balaban J connectivity index is 2.31. The Morgan fingerprint density at radius 2 is 2.00 bits per heavy atom. The van der Waals surface area contributed by atoms with Crippen LogP contribution in [0.1, 0.15) is 33.3 Å². The molecule has 2 aromatic heterocycles. The number of carbonyl (C=O) groups is 1. The lowest BCUT2D eigenvalue weighted by Gasteiger charge is -2.09. The first-order valence-corrected chi connectivity index (χ1v) is 8.05. The highest BCUT2D eigenvalue weighted by molar-refractivity contribution is 7.15. The first-order chi connectivity index (χ1) is 10.5. The van der Waals surface area contributed by atoms with Crippen LogP contribution in [-0.2, 0) is 6.42 Å². The monoisotopic (exact) mass is 311 g/mol. The van der Waals surface area contributed by atoms with E-state index in [1.54, 1.807) is 17.4 Å². The normalized spacial score (nSPS) is 11.0. The largest absolute Gasteiger partial charge is 0.478 e. The van der Waals surface area contributed by atoms with Crippen LogP contribution in [0, 0.1) is 13.8 Å². The van der Waals surface area contributed by atoms with Gasteiger partial charge in [-0.3, -0.25) is 0 Å². The fraction of sp³-hybridized carbons (Fsp3) is 0.222. The number of rotatable bonds is 3. The molecule has 0 unspecified atom stereocenters. The number of carboxylic acid groups (broad SMARTS) is 1. The maximum absolute atomic E-state index is 11.7. The predicted octanol–water partition coefficient (Wildman–Crippen LogP) is 4.84. The average Bonchev–Trinajstić information content (AvgIpc) is 2.95. The molecule has 3 aromatic rings. The molecular formula is C18H17NO2S. The maximum atomic E-state index is 11.7. The summed E-state index contributed by atoms with van der Waals surface area (Å²) in [5, 5.41) is 10.3. The molecule has 0 bridgehead atoms. The van der Waals surface area contributed by atoms with Crippen molar-refractivity contribution < 1.29 is 9.90 Å². The first-order valence-electron chi connectivity index (χ1n) is 7.24. The highest BCUT2D eigenvalue weighted by Crippen LogP contribution is 2.31. The Morgan fingerprint density at radius 3 is 2.64 bits per heavy atom. The van der Waals surface area contributed by atoms with E-state index in [2.05, 4.69) is 13.0 Å². The molecule has 0 aliphatic rings. The average molecular weight is 311 g/mol. The Hall–Kier alpha value is -2.20. The number of nitrogens with zero attached hydrogens (tertiary/aromatic N) is 1. The molecule has 22 heavy (non-hydrogen) atoms. The second-order valence-electron chi connectivity index (χ2n) is 5.46. The third kappa shape index (κ3) is 2.50. The van der Waals surface area contributed by atoms with E-state index in [0.29, 0.717) is 10.9 Å². The summed E-state index contributed by atoms with van der Waals surface area (Å²) in [6.07, 6.45) is 0.974. The summed E-state index contributed by atoms with van der Waals surface area (Å²) in [4.78, 5) is 18.7. The molecule has 0 spiro atoms. The number of aromatic carboxylic acids is 1. The van der Waals surface area contributed by atoms with Crippen molar-refractivity contribution in [2.24, 2.45) is 0 Å². The number of fused-ring (bicyclic) bond motifs is 1. The Morgan fingerprint density at radius 1 is 1.23 bits per heavy atom. The van der Waals surface area contributed by atoms with E-state index in [1.165, 1.54) is 4.88 Å². The van der Waals surface area contributed by atoms with Gasteiger partial charge in [-0.25, -0.2) is 9.78 Å². The molecule has 0 saturated heterocycles. The van der Waals surface area contributed by atoms with Crippen molar-refractivity contribution >= 4 is 28.2 Å². The lowest BCUT2D eigenvalue weighted by atomic mass is 10.0. The van der Waals surface area contributed by atoms with Crippen LogP contribution < -0.4 is 0 Å². The van der Waals surface area contributed by atoms with E-state index < -0.39 is 5.97 Å². The van der Waals surface area contributed by atoms with Crippen LogP contribution in [-0.4, -0.2) is 16.1 Å². The van der Waals surface area contributed by atoms with Gasteiger partial charge in [0.1, 0.15) is 0 Å². The molecule has 0 aliphatic carbocycles. The standard InChI is InChI=1S/C18H17NO2S/c1-4-12-5-6-16(22-12)15-9-14(18(20)21)13-8-10(2)7-11(3)17(13)19-15/h5-9H,4H2,1-3H3,(H,20,21). The van der Waals surface area contributed by atoms with Crippen LogP contribution in [0.25, 0.3) is 21.5 Å². The Labute approximate surface area is 133 Å². The van der Waals surface area contributed by atoms with Gasteiger partial charge in [-0.1, -0.05) is 18.6 Å². The summed E-state index contributed by atoms with van der Waals surface area (Å²) in [5.74, 6) is -0.911. The Kier molecular flexibility index (Phi) is 3.71. The number of carboxylic acids is 1. The molecule has 0 radical (unpaired) electrons. The fourth-order valence-electron chi connectivity index (χ4n) is 2.69. The van der Waals surface area contributed by atoms with Gasteiger partial charge >= 0.3 is 5.97 Å². The quantitative estimate of drug-likeness (QED) is 0.753. The number of hydrogen-bond donors (Lipinski definition) is 1. The van der Waals surface area contributed by atoms with Gasteiger partial charge in [0.05, 0.1) is 21.7 Å². The van der Waals surface area contributed by atoms with Crippen LogP contribution in [0.15, 0.2) is 30.3 Å². The van der Waals surface area contributed by atoms with E-state index in [1.807, 2.05) is 32.0 Å². The molecule has 0 saturated carbocycles. The van der Waals surface area contributed by atoms with Gasteiger partial charge in [-0.05, 0) is 50.1 Å². The highest BCUT2D eigenvalue weighted by atomic mass is 32.1. The minimum Gasteiger partial charge on any atom is -0.478 e. The van der Waals surface area contributed by atoms with Crippen molar-refractivity contribution in [1.29, 1.82) is 0 Å². The van der Waals surface area contributed by atoms with Gasteiger partial charge in [0.2, 0.25) is 0 Å². The molecule has 112 valence electrons.